The minimum Gasteiger partial charge on any atom is -0.454 e. The van der Waals surface area contributed by atoms with E-state index in [0.29, 0.717) is 29.3 Å². The van der Waals surface area contributed by atoms with Crippen LogP contribution in [0.4, 0.5) is 5.69 Å². The van der Waals surface area contributed by atoms with Crippen molar-refractivity contribution in [3.63, 3.8) is 0 Å². The number of nitrogens with one attached hydrogen (secondary N) is 2. The maximum Gasteiger partial charge on any atom is 0.279 e. The lowest BCUT2D eigenvalue weighted by molar-refractivity contribution is -0.886. The molecule has 2 heterocycles. The van der Waals surface area contributed by atoms with Crippen molar-refractivity contribution in [3.05, 3.63) is 59.7 Å². The van der Waals surface area contributed by atoms with Crippen molar-refractivity contribution >= 4 is 23.0 Å². The van der Waals surface area contributed by atoms with Crippen LogP contribution in [0.15, 0.2) is 48.5 Å². The van der Waals surface area contributed by atoms with Gasteiger partial charge in [-0.1, -0.05) is 30.3 Å². The molecular weight excluding hydrogens is 356 g/mol. The van der Waals surface area contributed by atoms with Gasteiger partial charge in [-0.2, -0.15) is 0 Å². The van der Waals surface area contributed by atoms with Crippen molar-refractivity contribution in [3.8, 4) is 11.5 Å². The number of anilines is 1. The molecule has 1 amide bonds. The number of quaternary nitrogens is 1. The number of hydrogen-bond acceptors (Lipinski definition) is 4. The van der Waals surface area contributed by atoms with Gasteiger partial charge in [0.25, 0.3) is 5.91 Å². The third-order valence-electron chi connectivity index (χ3n) is 5.11. The Bertz CT molecular complexity index is 937. The van der Waals surface area contributed by atoms with Gasteiger partial charge < -0.3 is 19.7 Å². The summed E-state index contributed by atoms with van der Waals surface area (Å²) in [6, 6.07) is 13.6. The molecule has 0 aromatic heterocycles. The van der Waals surface area contributed by atoms with E-state index in [1.54, 1.807) is 12.1 Å². The number of carbonyl (C=O) groups is 2. The van der Waals surface area contributed by atoms with Crippen LogP contribution in [0.5, 0.6) is 11.5 Å². The number of fused-ring (bicyclic) bond motifs is 1. The molecule has 28 heavy (non-hydrogen) atoms. The third kappa shape index (κ3) is 3.92. The molecule has 2 aromatic rings. The first-order chi connectivity index (χ1) is 13.6. The predicted molar refractivity (Wildman–Crippen MR) is 106 cm³/mol. The van der Waals surface area contributed by atoms with E-state index in [1.165, 1.54) is 23.0 Å². The zero-order chi connectivity index (χ0) is 19.5. The number of ether oxygens (including phenoxy) is 2. The van der Waals surface area contributed by atoms with E-state index in [0.717, 1.165) is 19.5 Å². The SMILES string of the molecule is CC(=O)c1cc2c(cc1NC(=O)C[NH+]1CC=C(c3ccccc3)CC1)OCO2. The average molecular weight is 379 g/mol. The van der Waals surface area contributed by atoms with E-state index in [-0.39, 0.29) is 18.5 Å². The second-order valence-electron chi connectivity index (χ2n) is 7.08. The number of rotatable bonds is 5. The van der Waals surface area contributed by atoms with E-state index in [9.17, 15) is 9.59 Å². The van der Waals surface area contributed by atoms with Crippen LogP contribution >= 0.6 is 0 Å². The zero-order valence-corrected chi connectivity index (χ0v) is 15.8. The molecule has 0 aliphatic carbocycles. The molecule has 1 unspecified atom stereocenters. The lowest BCUT2D eigenvalue weighted by Gasteiger charge is -2.23. The number of carbonyl (C=O) groups excluding carboxylic acids is 2. The van der Waals surface area contributed by atoms with Crippen LogP contribution in [0.3, 0.4) is 0 Å². The van der Waals surface area contributed by atoms with Crippen molar-refractivity contribution in [2.24, 2.45) is 0 Å². The minimum atomic E-state index is -0.130. The molecule has 0 fully saturated rings. The first-order valence-electron chi connectivity index (χ1n) is 9.42. The van der Waals surface area contributed by atoms with Gasteiger partial charge in [0, 0.05) is 18.1 Å². The van der Waals surface area contributed by atoms with Gasteiger partial charge in [-0.3, -0.25) is 9.59 Å². The highest BCUT2D eigenvalue weighted by molar-refractivity contribution is 6.04. The summed E-state index contributed by atoms with van der Waals surface area (Å²) in [4.78, 5) is 25.7. The van der Waals surface area contributed by atoms with Crippen molar-refractivity contribution in [1.82, 2.24) is 0 Å². The molecule has 2 aliphatic heterocycles. The van der Waals surface area contributed by atoms with E-state index >= 15 is 0 Å². The fraction of sp³-hybridized carbons (Fsp3) is 0.273. The van der Waals surface area contributed by atoms with Crippen LogP contribution in [0.2, 0.25) is 0 Å². The summed E-state index contributed by atoms with van der Waals surface area (Å²) >= 11 is 0. The fourth-order valence-electron chi connectivity index (χ4n) is 3.62. The first kappa shape index (κ1) is 18.3. The largest absolute Gasteiger partial charge is 0.454 e. The lowest BCUT2D eigenvalue weighted by Crippen LogP contribution is -3.13. The summed E-state index contributed by atoms with van der Waals surface area (Å²) in [5, 5.41) is 2.87. The number of ketones is 1. The molecule has 2 aromatic carbocycles. The topological polar surface area (TPSA) is 69.1 Å². The van der Waals surface area contributed by atoms with Crippen molar-refractivity contribution in [1.29, 1.82) is 0 Å². The van der Waals surface area contributed by atoms with E-state index < -0.39 is 0 Å². The molecule has 0 bridgehead atoms. The highest BCUT2D eigenvalue weighted by Gasteiger charge is 2.23. The molecule has 2 N–H and O–H groups in total. The number of benzene rings is 2. The maximum absolute atomic E-state index is 12.6. The molecule has 6 heteroatoms. The number of Topliss-reactive ketones (excluding diaryl/α,β-unsaturated/α-hetero) is 1. The summed E-state index contributed by atoms with van der Waals surface area (Å²) in [6.07, 6.45) is 3.15. The monoisotopic (exact) mass is 379 g/mol. The quantitative estimate of drug-likeness (QED) is 0.779. The van der Waals surface area contributed by atoms with Gasteiger partial charge in [0.05, 0.1) is 18.8 Å². The molecule has 2 aliphatic rings. The summed E-state index contributed by atoms with van der Waals surface area (Å²) in [5.74, 6) is 0.826. The van der Waals surface area contributed by atoms with Crippen LogP contribution in [0, 0.1) is 0 Å². The van der Waals surface area contributed by atoms with Gasteiger partial charge in [0.1, 0.15) is 0 Å². The van der Waals surface area contributed by atoms with Crippen LogP contribution in [0.25, 0.3) is 5.57 Å². The molecule has 4 rings (SSSR count). The Morgan fingerprint density at radius 2 is 1.86 bits per heavy atom. The van der Waals surface area contributed by atoms with E-state index in [1.807, 2.05) is 18.2 Å². The molecular formula is C22H23N2O4+. The van der Waals surface area contributed by atoms with Crippen molar-refractivity contribution in [2.75, 3.05) is 31.7 Å². The second kappa shape index (κ2) is 7.86. The van der Waals surface area contributed by atoms with Gasteiger partial charge in [0.2, 0.25) is 6.79 Å². The standard InChI is InChI=1S/C22H22N2O4/c1-15(25)18-11-20-21(28-14-27-20)12-19(18)23-22(26)13-24-9-7-17(8-10-24)16-5-3-2-4-6-16/h2-7,11-12H,8-10,13-14H2,1H3,(H,23,26)/p+1. The Labute approximate surface area is 163 Å². The van der Waals surface area contributed by atoms with Crippen molar-refractivity contribution < 1.29 is 24.0 Å². The molecule has 6 nitrogen and oxygen atoms in total. The molecule has 0 radical (unpaired) electrons. The normalized spacial score (nSPS) is 17.8. The average Bonchev–Trinajstić information content (AvgIpc) is 3.16. The van der Waals surface area contributed by atoms with Gasteiger partial charge in [0.15, 0.2) is 23.8 Å². The smallest absolute Gasteiger partial charge is 0.279 e. The zero-order valence-electron chi connectivity index (χ0n) is 15.8. The fourth-order valence-corrected chi connectivity index (χ4v) is 3.62. The Morgan fingerprint density at radius 1 is 1.11 bits per heavy atom. The van der Waals surface area contributed by atoms with Gasteiger partial charge in [-0.15, -0.1) is 0 Å². The van der Waals surface area contributed by atoms with Crippen molar-refractivity contribution in [2.45, 2.75) is 13.3 Å². The summed E-state index contributed by atoms with van der Waals surface area (Å²) in [7, 11) is 0. The summed E-state index contributed by atoms with van der Waals surface area (Å²) in [6.45, 7) is 3.65. The van der Waals surface area contributed by atoms with Crippen LogP contribution < -0.4 is 19.7 Å². The third-order valence-corrected chi connectivity index (χ3v) is 5.11. The molecule has 0 saturated heterocycles. The summed E-state index contributed by atoms with van der Waals surface area (Å²) < 4.78 is 10.7. The minimum absolute atomic E-state index is 0.118. The van der Waals surface area contributed by atoms with Gasteiger partial charge in [-0.25, -0.2) is 0 Å². The Hall–Kier alpha value is -3.12. The Morgan fingerprint density at radius 3 is 2.54 bits per heavy atom. The molecule has 1 atom stereocenters. The Kier molecular flexibility index (Phi) is 5.12. The van der Waals surface area contributed by atoms with E-state index in [4.69, 9.17) is 9.47 Å². The van der Waals surface area contributed by atoms with Gasteiger partial charge in [-0.05, 0) is 30.2 Å². The van der Waals surface area contributed by atoms with Gasteiger partial charge >= 0.3 is 0 Å². The highest BCUT2D eigenvalue weighted by Crippen LogP contribution is 2.37. The van der Waals surface area contributed by atoms with Crippen LogP contribution in [-0.2, 0) is 4.79 Å². The Balaban J connectivity index is 1.40. The van der Waals surface area contributed by atoms with Crippen LogP contribution in [-0.4, -0.2) is 38.1 Å². The highest BCUT2D eigenvalue weighted by atomic mass is 16.7. The number of hydrogen-bond donors (Lipinski definition) is 2. The molecule has 144 valence electrons. The predicted octanol–water partition coefficient (Wildman–Crippen LogP) is 1.93. The van der Waals surface area contributed by atoms with E-state index in [2.05, 4.69) is 23.5 Å². The first-order valence-corrected chi connectivity index (χ1v) is 9.42. The second-order valence-corrected chi connectivity index (χ2v) is 7.08. The molecule has 0 saturated carbocycles. The van der Waals surface area contributed by atoms with Crippen LogP contribution in [0.1, 0.15) is 29.3 Å². The molecule has 0 spiro atoms. The number of amides is 1. The lowest BCUT2D eigenvalue weighted by atomic mass is 9.99. The summed E-state index contributed by atoms with van der Waals surface area (Å²) in [5.41, 5.74) is 3.48. The maximum atomic E-state index is 12.6.